The Morgan fingerprint density at radius 3 is 2.26 bits per heavy atom. The molecule has 4 rings (SSSR count). The van der Waals surface area contributed by atoms with Gasteiger partial charge in [-0.2, -0.15) is 0 Å². The first-order valence-corrected chi connectivity index (χ1v) is 22.1. The third-order valence-electron chi connectivity index (χ3n) is 10.6. The van der Waals surface area contributed by atoms with Crippen LogP contribution in [-0.4, -0.2) is 105 Å². The number of hydrogen-bond acceptors (Lipinski definition) is 7. The molecule has 2 aliphatic heterocycles. The van der Waals surface area contributed by atoms with Crippen molar-refractivity contribution in [2.24, 2.45) is 0 Å². The standard InChI is InChI=1S/C41H61F2N3O7Si/c1-11-18-51-33-24-35(46(25-33)39(49)52-40(2,3)4)36(53-54(9,10)41(5,6)7)34(21-27-19-30(42)23-31(43)20-27)44-37(47)28-14-12-15-29(22-28)38(48)45-17-13-16-32(45)26-50-8/h12,14-15,19-20,22-23,32-36H,11,13,16-18,21,24-26H2,1-10H3,(H,44,47)/t32-,33-,34+,35-,36+/m1/s1. The number of methoxy groups -OCH3 is 1. The highest BCUT2D eigenvalue weighted by atomic mass is 28.4. The van der Waals surface area contributed by atoms with Crippen molar-refractivity contribution in [3.05, 3.63) is 70.8 Å². The smallest absolute Gasteiger partial charge is 0.410 e. The molecule has 2 aromatic rings. The Kier molecular flexibility index (Phi) is 14.5. The van der Waals surface area contributed by atoms with Crippen LogP contribution in [-0.2, 0) is 25.1 Å². The van der Waals surface area contributed by atoms with Crippen LogP contribution in [0.5, 0.6) is 0 Å². The highest BCUT2D eigenvalue weighted by Gasteiger charge is 2.49. The average molecular weight is 774 g/mol. The van der Waals surface area contributed by atoms with Crippen LogP contribution in [0.25, 0.3) is 0 Å². The lowest BCUT2D eigenvalue weighted by Crippen LogP contribution is -2.60. The minimum absolute atomic E-state index is 0.00997. The normalized spacial score (nSPS) is 20.6. The monoisotopic (exact) mass is 773 g/mol. The number of carbonyl (C=O) groups excluding carboxylic acids is 3. The van der Waals surface area contributed by atoms with Gasteiger partial charge >= 0.3 is 6.09 Å². The van der Waals surface area contributed by atoms with E-state index in [1.54, 1.807) is 61.9 Å². The minimum atomic E-state index is -2.66. The van der Waals surface area contributed by atoms with E-state index in [-0.39, 0.29) is 41.6 Å². The van der Waals surface area contributed by atoms with Gasteiger partial charge in [0.05, 0.1) is 43.5 Å². The van der Waals surface area contributed by atoms with E-state index in [1.165, 1.54) is 12.1 Å². The van der Waals surface area contributed by atoms with Gasteiger partial charge in [0, 0.05) is 37.5 Å². The van der Waals surface area contributed by atoms with Crippen molar-refractivity contribution < 1.29 is 41.8 Å². The number of ether oxygens (including phenoxy) is 3. The first kappa shape index (κ1) is 43.3. The van der Waals surface area contributed by atoms with Crippen LogP contribution in [0.3, 0.4) is 0 Å². The van der Waals surface area contributed by atoms with Crippen LogP contribution in [0.1, 0.15) is 100 Å². The Hall–Kier alpha value is -3.39. The second-order valence-electron chi connectivity index (χ2n) is 17.2. The van der Waals surface area contributed by atoms with Crippen molar-refractivity contribution >= 4 is 26.2 Å². The molecule has 2 saturated heterocycles. The first-order valence-electron chi connectivity index (χ1n) is 19.2. The topological polar surface area (TPSA) is 107 Å². The summed E-state index contributed by atoms with van der Waals surface area (Å²) in [4.78, 5) is 45.3. The third-order valence-corrected chi connectivity index (χ3v) is 15.0. The zero-order valence-corrected chi connectivity index (χ0v) is 34.8. The van der Waals surface area contributed by atoms with E-state index < -0.39 is 55.7 Å². The van der Waals surface area contributed by atoms with Gasteiger partial charge in [-0.05, 0) is 107 Å². The fourth-order valence-corrected chi connectivity index (χ4v) is 8.29. The van der Waals surface area contributed by atoms with Crippen LogP contribution in [0.15, 0.2) is 42.5 Å². The summed E-state index contributed by atoms with van der Waals surface area (Å²) in [6, 6.07) is 8.28. The van der Waals surface area contributed by atoms with Crippen molar-refractivity contribution in [2.75, 3.05) is 33.4 Å². The highest BCUT2D eigenvalue weighted by molar-refractivity contribution is 6.74. The van der Waals surface area contributed by atoms with Gasteiger partial charge in [-0.3, -0.25) is 14.5 Å². The Balaban J connectivity index is 1.79. The maximum Gasteiger partial charge on any atom is 0.410 e. The first-order chi connectivity index (χ1) is 25.2. The largest absolute Gasteiger partial charge is 0.444 e. The number of carbonyl (C=O) groups is 3. The van der Waals surface area contributed by atoms with Crippen LogP contribution < -0.4 is 5.32 Å². The van der Waals surface area contributed by atoms with Crippen molar-refractivity contribution in [2.45, 2.75) is 135 Å². The number of nitrogens with zero attached hydrogens (tertiary/aromatic N) is 2. The quantitative estimate of drug-likeness (QED) is 0.196. The molecule has 0 bridgehead atoms. The molecule has 0 radical (unpaired) electrons. The summed E-state index contributed by atoms with van der Waals surface area (Å²) in [6.45, 7) is 19.6. The van der Waals surface area contributed by atoms with Gasteiger partial charge in [0.1, 0.15) is 17.2 Å². The lowest BCUT2D eigenvalue weighted by atomic mass is 9.94. The summed E-state index contributed by atoms with van der Waals surface area (Å²) >= 11 is 0. The van der Waals surface area contributed by atoms with Gasteiger partial charge in [-0.1, -0.05) is 33.8 Å². The maximum atomic E-state index is 14.7. The summed E-state index contributed by atoms with van der Waals surface area (Å²) in [7, 11) is -1.05. The van der Waals surface area contributed by atoms with Gasteiger partial charge in [0.15, 0.2) is 8.32 Å². The molecule has 300 valence electrons. The summed E-state index contributed by atoms with van der Waals surface area (Å²) in [5.74, 6) is -2.18. The zero-order valence-electron chi connectivity index (χ0n) is 33.8. The molecule has 2 fully saturated rings. The number of halogens is 2. The molecular formula is C41H61F2N3O7Si. The summed E-state index contributed by atoms with van der Waals surface area (Å²) in [5.41, 5.74) is 0.133. The fourth-order valence-electron chi connectivity index (χ4n) is 6.93. The Morgan fingerprint density at radius 1 is 0.981 bits per heavy atom. The molecule has 54 heavy (non-hydrogen) atoms. The van der Waals surface area contributed by atoms with Gasteiger partial charge in [-0.15, -0.1) is 0 Å². The number of amides is 3. The molecule has 10 nitrogen and oxygen atoms in total. The molecule has 1 N–H and O–H groups in total. The molecule has 0 unspecified atom stereocenters. The predicted octanol–water partition coefficient (Wildman–Crippen LogP) is 7.75. The number of benzene rings is 2. The Morgan fingerprint density at radius 2 is 1.65 bits per heavy atom. The number of nitrogens with one attached hydrogen (secondary N) is 1. The molecule has 5 atom stereocenters. The van der Waals surface area contributed by atoms with Gasteiger partial charge in [0.2, 0.25) is 0 Å². The molecule has 0 spiro atoms. The van der Waals surface area contributed by atoms with Crippen molar-refractivity contribution in [3.63, 3.8) is 0 Å². The summed E-state index contributed by atoms with van der Waals surface area (Å²) < 4.78 is 54.0. The van der Waals surface area contributed by atoms with E-state index in [1.807, 2.05) is 6.92 Å². The van der Waals surface area contributed by atoms with E-state index >= 15 is 0 Å². The predicted molar refractivity (Wildman–Crippen MR) is 207 cm³/mol. The summed E-state index contributed by atoms with van der Waals surface area (Å²) in [6.07, 6.45) is 1.16. The molecule has 13 heteroatoms. The Labute approximate surface area is 321 Å². The van der Waals surface area contributed by atoms with Crippen LogP contribution in [0, 0.1) is 11.6 Å². The van der Waals surface area contributed by atoms with E-state index in [0.717, 1.165) is 25.3 Å². The van der Waals surface area contributed by atoms with Crippen LogP contribution >= 0.6 is 0 Å². The lowest BCUT2D eigenvalue weighted by molar-refractivity contribution is 0.000337. The molecule has 2 heterocycles. The van der Waals surface area contributed by atoms with Crippen molar-refractivity contribution in [3.8, 4) is 0 Å². The molecule has 0 aliphatic carbocycles. The highest BCUT2D eigenvalue weighted by Crippen LogP contribution is 2.40. The Bertz CT molecular complexity index is 1590. The van der Waals surface area contributed by atoms with E-state index in [9.17, 15) is 23.2 Å². The third kappa shape index (κ3) is 11.3. The molecule has 0 aromatic heterocycles. The molecule has 2 aliphatic rings. The van der Waals surface area contributed by atoms with Crippen molar-refractivity contribution in [1.82, 2.24) is 15.1 Å². The average Bonchev–Trinajstić information content (AvgIpc) is 3.71. The molecule has 0 saturated carbocycles. The van der Waals surface area contributed by atoms with Crippen molar-refractivity contribution in [1.29, 1.82) is 0 Å². The van der Waals surface area contributed by atoms with E-state index in [0.29, 0.717) is 37.3 Å². The van der Waals surface area contributed by atoms with Gasteiger partial charge in [-0.25, -0.2) is 13.6 Å². The van der Waals surface area contributed by atoms with Gasteiger partial charge < -0.3 is 28.9 Å². The molecular weight excluding hydrogens is 713 g/mol. The van der Waals surface area contributed by atoms with E-state index in [2.05, 4.69) is 39.2 Å². The molecule has 3 amide bonds. The maximum absolute atomic E-state index is 14.7. The number of hydrogen-bond donors (Lipinski definition) is 1. The number of likely N-dealkylation sites (tertiary alicyclic amines) is 2. The second kappa shape index (κ2) is 18.0. The summed E-state index contributed by atoms with van der Waals surface area (Å²) in [5, 5.41) is 2.88. The minimum Gasteiger partial charge on any atom is -0.444 e. The fraction of sp³-hybridized carbons (Fsp3) is 0.634. The van der Waals surface area contributed by atoms with E-state index in [4.69, 9.17) is 18.6 Å². The number of rotatable bonds is 14. The SMILES string of the molecule is CCCO[C@@H]1C[C@H]([C@@H](O[Si](C)(C)C(C)(C)C)[C@H](Cc2cc(F)cc(F)c2)NC(=O)c2cccc(C(=O)N3CCC[C@@H]3COC)c2)N(C(=O)OC(C)(C)C)C1. The molecule has 2 aromatic carbocycles. The lowest BCUT2D eigenvalue weighted by Gasteiger charge is -2.45. The van der Waals surface area contributed by atoms with Gasteiger partial charge in [0.25, 0.3) is 11.8 Å². The van der Waals surface area contributed by atoms with Crippen LogP contribution in [0.4, 0.5) is 13.6 Å². The van der Waals surface area contributed by atoms with Crippen LogP contribution in [0.2, 0.25) is 18.1 Å². The second-order valence-corrected chi connectivity index (χ2v) is 21.9. The zero-order chi connectivity index (χ0) is 40.0.